The summed E-state index contributed by atoms with van der Waals surface area (Å²) in [5.41, 5.74) is 8.43. The summed E-state index contributed by atoms with van der Waals surface area (Å²) in [6.07, 6.45) is 6.25. The van der Waals surface area contributed by atoms with Crippen molar-refractivity contribution in [1.82, 2.24) is 30.9 Å². The summed E-state index contributed by atoms with van der Waals surface area (Å²) in [5.74, 6) is -3.45. The quantitative estimate of drug-likeness (QED) is 0.145. The highest BCUT2D eigenvalue weighted by Crippen LogP contribution is 2.20. The summed E-state index contributed by atoms with van der Waals surface area (Å²) in [4.78, 5) is 62.1. The van der Waals surface area contributed by atoms with E-state index in [-0.39, 0.29) is 24.7 Å². The van der Waals surface area contributed by atoms with E-state index < -0.39 is 47.9 Å². The van der Waals surface area contributed by atoms with E-state index in [9.17, 15) is 24.3 Å². The number of imidazole rings is 1. The fraction of sp³-hybridized carbons (Fsp3) is 0.483. The Morgan fingerprint density at radius 3 is 2.20 bits per heavy atom. The molecule has 12 heteroatoms. The molecule has 3 amide bonds. The third-order valence-corrected chi connectivity index (χ3v) is 7.63. The van der Waals surface area contributed by atoms with Gasteiger partial charge in [0.1, 0.15) is 18.1 Å². The number of nitrogens with one attached hydrogen (secondary N) is 5. The van der Waals surface area contributed by atoms with Crippen LogP contribution in [0.3, 0.4) is 0 Å². The lowest BCUT2D eigenvalue weighted by Gasteiger charge is -2.28. The Labute approximate surface area is 239 Å². The van der Waals surface area contributed by atoms with Crippen molar-refractivity contribution in [2.75, 3.05) is 0 Å². The monoisotopic (exact) mass is 567 g/mol. The maximum absolute atomic E-state index is 13.6. The van der Waals surface area contributed by atoms with Gasteiger partial charge in [-0.3, -0.25) is 14.4 Å². The number of nitrogens with two attached hydrogens (primary N) is 1. The molecule has 0 aliphatic rings. The fourth-order valence-corrected chi connectivity index (χ4v) is 4.62. The average molecular weight is 568 g/mol. The van der Waals surface area contributed by atoms with E-state index in [1.807, 2.05) is 45.0 Å². The highest BCUT2D eigenvalue weighted by molar-refractivity contribution is 5.95. The van der Waals surface area contributed by atoms with Crippen molar-refractivity contribution in [1.29, 1.82) is 0 Å². The number of amides is 3. The molecule has 0 aliphatic carbocycles. The minimum Gasteiger partial charge on any atom is -0.480 e. The predicted molar refractivity (Wildman–Crippen MR) is 155 cm³/mol. The summed E-state index contributed by atoms with van der Waals surface area (Å²) in [6.45, 7) is 7.30. The standard InChI is InChI=1S/C29H41N7O5/c1-5-16(3)24(35-26(37)21(30)12-19-14-31-15-33-19)28(39)34-23(27(38)36-25(29(40)41)17(4)6-2)11-18-13-32-22-10-8-7-9-20(18)22/h7-10,13-17,21,23-25,32H,5-6,11-12,30H2,1-4H3,(H,31,33)(H,34,39)(H,35,37)(H,36,38)(H,40,41). The van der Waals surface area contributed by atoms with Gasteiger partial charge in [-0.05, 0) is 23.5 Å². The van der Waals surface area contributed by atoms with Crippen LogP contribution in [0.25, 0.3) is 10.9 Å². The van der Waals surface area contributed by atoms with E-state index in [4.69, 9.17) is 5.73 Å². The molecule has 0 spiro atoms. The number of benzene rings is 1. The van der Waals surface area contributed by atoms with Crippen LogP contribution in [-0.4, -0.2) is 67.9 Å². The molecular formula is C29H41N7O5. The first-order valence-electron chi connectivity index (χ1n) is 14.0. The number of aromatic nitrogens is 3. The average Bonchev–Trinajstić information content (AvgIpc) is 3.62. The van der Waals surface area contributed by atoms with Crippen LogP contribution >= 0.6 is 0 Å². The number of para-hydroxylation sites is 1. The number of carboxylic acids is 1. The molecular weight excluding hydrogens is 526 g/mol. The van der Waals surface area contributed by atoms with E-state index >= 15 is 0 Å². The number of nitrogens with zero attached hydrogens (tertiary/aromatic N) is 1. The Hall–Kier alpha value is -4.19. The van der Waals surface area contributed by atoms with Crippen LogP contribution in [0.1, 0.15) is 51.8 Å². The molecule has 1 aromatic carbocycles. The van der Waals surface area contributed by atoms with E-state index in [1.54, 1.807) is 19.3 Å². The van der Waals surface area contributed by atoms with Crippen molar-refractivity contribution in [3.8, 4) is 0 Å². The first-order valence-corrected chi connectivity index (χ1v) is 14.0. The molecule has 41 heavy (non-hydrogen) atoms. The Kier molecular flexibility index (Phi) is 11.0. The molecule has 8 N–H and O–H groups in total. The van der Waals surface area contributed by atoms with Crippen molar-refractivity contribution in [2.45, 2.75) is 77.5 Å². The number of carboxylic acid groups (broad SMARTS) is 1. The van der Waals surface area contributed by atoms with Gasteiger partial charge >= 0.3 is 5.97 Å². The molecule has 6 atom stereocenters. The minimum atomic E-state index is -1.15. The number of H-pyrrole nitrogens is 2. The van der Waals surface area contributed by atoms with Gasteiger partial charge in [0.2, 0.25) is 17.7 Å². The van der Waals surface area contributed by atoms with Gasteiger partial charge in [-0.1, -0.05) is 58.7 Å². The van der Waals surface area contributed by atoms with Crippen LogP contribution in [0.4, 0.5) is 0 Å². The predicted octanol–water partition coefficient (Wildman–Crippen LogP) is 1.63. The molecule has 6 unspecified atom stereocenters. The molecule has 3 rings (SSSR count). The van der Waals surface area contributed by atoms with Gasteiger partial charge < -0.3 is 36.8 Å². The van der Waals surface area contributed by atoms with Crippen molar-refractivity contribution < 1.29 is 24.3 Å². The van der Waals surface area contributed by atoms with Gasteiger partial charge in [-0.25, -0.2) is 9.78 Å². The van der Waals surface area contributed by atoms with Gasteiger partial charge in [-0.2, -0.15) is 0 Å². The molecule has 12 nitrogen and oxygen atoms in total. The zero-order chi connectivity index (χ0) is 30.1. The van der Waals surface area contributed by atoms with Crippen LogP contribution in [0.15, 0.2) is 43.0 Å². The molecule has 0 fully saturated rings. The lowest BCUT2D eigenvalue weighted by atomic mass is 9.96. The van der Waals surface area contributed by atoms with E-state index in [2.05, 4.69) is 30.9 Å². The number of carbonyl (C=O) groups excluding carboxylic acids is 3. The molecule has 2 aromatic heterocycles. The number of hydrogen-bond acceptors (Lipinski definition) is 6. The van der Waals surface area contributed by atoms with Crippen molar-refractivity contribution in [3.05, 3.63) is 54.2 Å². The summed E-state index contributed by atoms with van der Waals surface area (Å²) in [7, 11) is 0. The number of aromatic amines is 2. The normalized spacial score (nSPS) is 15.7. The van der Waals surface area contributed by atoms with Crippen molar-refractivity contribution in [3.63, 3.8) is 0 Å². The second-order valence-corrected chi connectivity index (χ2v) is 10.6. The minimum absolute atomic E-state index is 0.106. The number of carbonyl (C=O) groups is 4. The summed E-state index contributed by atoms with van der Waals surface area (Å²) in [5, 5.41) is 18.8. The molecule has 0 saturated heterocycles. The second-order valence-electron chi connectivity index (χ2n) is 10.6. The number of hydrogen-bond donors (Lipinski definition) is 7. The molecule has 222 valence electrons. The lowest BCUT2D eigenvalue weighted by molar-refractivity contribution is -0.143. The van der Waals surface area contributed by atoms with Gasteiger partial charge in [0.05, 0.1) is 12.4 Å². The highest BCUT2D eigenvalue weighted by Gasteiger charge is 2.34. The highest BCUT2D eigenvalue weighted by atomic mass is 16.4. The SMILES string of the molecule is CCC(C)C(NC(=O)C(Cc1c[nH]c2ccccc12)NC(=O)C(NC(=O)C(N)Cc1cnc[nH]1)C(C)CC)C(=O)O. The van der Waals surface area contributed by atoms with Gasteiger partial charge in [-0.15, -0.1) is 0 Å². The third-order valence-electron chi connectivity index (χ3n) is 7.63. The van der Waals surface area contributed by atoms with Crippen molar-refractivity contribution in [2.24, 2.45) is 17.6 Å². The van der Waals surface area contributed by atoms with Gasteiger partial charge in [0, 0.05) is 41.8 Å². The molecule has 2 heterocycles. The Balaban J connectivity index is 1.84. The topological polar surface area (TPSA) is 195 Å². The van der Waals surface area contributed by atoms with Crippen LogP contribution in [-0.2, 0) is 32.0 Å². The van der Waals surface area contributed by atoms with Gasteiger partial charge in [0.25, 0.3) is 0 Å². The smallest absolute Gasteiger partial charge is 0.326 e. The molecule has 3 aromatic rings. The Morgan fingerprint density at radius 1 is 0.902 bits per heavy atom. The molecule has 0 radical (unpaired) electrons. The van der Waals surface area contributed by atoms with Crippen LogP contribution in [0.5, 0.6) is 0 Å². The van der Waals surface area contributed by atoms with E-state index in [0.29, 0.717) is 18.5 Å². The number of fused-ring (bicyclic) bond motifs is 1. The second kappa shape index (κ2) is 14.4. The maximum Gasteiger partial charge on any atom is 0.326 e. The molecule has 0 saturated carbocycles. The first-order chi connectivity index (χ1) is 19.5. The summed E-state index contributed by atoms with van der Waals surface area (Å²) in [6, 6.07) is 3.44. The zero-order valence-corrected chi connectivity index (χ0v) is 23.9. The summed E-state index contributed by atoms with van der Waals surface area (Å²) < 4.78 is 0. The molecule has 0 aliphatic heterocycles. The van der Waals surface area contributed by atoms with Crippen LogP contribution in [0, 0.1) is 11.8 Å². The Morgan fingerprint density at radius 2 is 1.56 bits per heavy atom. The zero-order valence-electron chi connectivity index (χ0n) is 23.9. The number of aliphatic carboxylic acids is 1. The van der Waals surface area contributed by atoms with Crippen molar-refractivity contribution >= 4 is 34.6 Å². The summed E-state index contributed by atoms with van der Waals surface area (Å²) >= 11 is 0. The van der Waals surface area contributed by atoms with E-state index in [0.717, 1.165) is 16.5 Å². The van der Waals surface area contributed by atoms with E-state index in [1.165, 1.54) is 6.33 Å². The first kappa shape index (κ1) is 31.3. The Bertz CT molecular complexity index is 1320. The lowest BCUT2D eigenvalue weighted by Crippen LogP contribution is -2.59. The molecule has 0 bridgehead atoms. The van der Waals surface area contributed by atoms with Crippen LogP contribution < -0.4 is 21.7 Å². The van der Waals surface area contributed by atoms with Crippen LogP contribution in [0.2, 0.25) is 0 Å². The maximum atomic E-state index is 13.6. The van der Waals surface area contributed by atoms with Gasteiger partial charge in [0.15, 0.2) is 0 Å². The number of rotatable bonds is 15. The fourth-order valence-electron chi connectivity index (χ4n) is 4.62. The third kappa shape index (κ3) is 8.16. The largest absolute Gasteiger partial charge is 0.480 e.